The zero-order valence-electron chi connectivity index (χ0n) is 11.8. The van der Waals surface area contributed by atoms with Gasteiger partial charge >= 0.3 is 0 Å². The molecule has 1 atom stereocenters. The molecular formula is C16H25NO. The van der Waals surface area contributed by atoms with E-state index in [2.05, 4.69) is 43.9 Å². The molecule has 0 spiro atoms. The lowest BCUT2D eigenvalue weighted by molar-refractivity contribution is 0.113. The summed E-state index contributed by atoms with van der Waals surface area (Å²) in [5, 5.41) is 10.4. The Balaban J connectivity index is 2.00. The Morgan fingerprint density at radius 3 is 2.67 bits per heavy atom. The molecule has 0 aliphatic heterocycles. The summed E-state index contributed by atoms with van der Waals surface area (Å²) < 4.78 is 0. The minimum atomic E-state index is -0.358. The summed E-state index contributed by atoms with van der Waals surface area (Å²) >= 11 is 0. The van der Waals surface area contributed by atoms with Crippen molar-refractivity contribution in [2.75, 3.05) is 19.6 Å². The molecule has 1 fully saturated rings. The number of aliphatic hydroxyl groups excluding tert-OH is 1. The zero-order valence-corrected chi connectivity index (χ0v) is 11.8. The molecule has 0 radical (unpaired) electrons. The monoisotopic (exact) mass is 247 g/mol. The second kappa shape index (κ2) is 5.85. The quantitative estimate of drug-likeness (QED) is 0.835. The fourth-order valence-electron chi connectivity index (χ4n) is 2.46. The van der Waals surface area contributed by atoms with Crippen LogP contribution in [0.5, 0.6) is 0 Å². The van der Waals surface area contributed by atoms with Crippen LogP contribution in [0.25, 0.3) is 0 Å². The van der Waals surface area contributed by atoms with Gasteiger partial charge in [0, 0.05) is 13.1 Å². The molecule has 1 aromatic carbocycles. The average Bonchev–Trinajstić information content (AvgIpc) is 3.15. The number of aryl methyl sites for hydroxylation is 2. The SMILES string of the molecule is CCN(CC1CC1)CC(O)c1cc(C)ccc1C. The van der Waals surface area contributed by atoms with E-state index in [1.165, 1.54) is 24.0 Å². The molecule has 1 saturated carbocycles. The van der Waals surface area contributed by atoms with E-state index in [4.69, 9.17) is 0 Å². The summed E-state index contributed by atoms with van der Waals surface area (Å²) in [6.07, 6.45) is 2.38. The standard InChI is InChI=1S/C16H25NO/c1-4-17(10-14-7-8-14)11-16(18)15-9-12(2)5-6-13(15)3/h5-6,9,14,16,18H,4,7-8,10-11H2,1-3H3. The predicted octanol–water partition coefficient (Wildman–Crippen LogP) is 3.07. The predicted molar refractivity (Wildman–Crippen MR) is 75.7 cm³/mol. The van der Waals surface area contributed by atoms with Crippen LogP contribution < -0.4 is 0 Å². The Bertz CT molecular complexity index is 398. The van der Waals surface area contributed by atoms with Crippen LogP contribution in [0.15, 0.2) is 18.2 Å². The summed E-state index contributed by atoms with van der Waals surface area (Å²) in [6.45, 7) is 9.28. The fourth-order valence-corrected chi connectivity index (χ4v) is 2.46. The Morgan fingerprint density at radius 2 is 2.06 bits per heavy atom. The van der Waals surface area contributed by atoms with Gasteiger partial charge in [0.25, 0.3) is 0 Å². The summed E-state index contributed by atoms with van der Waals surface area (Å²) in [6, 6.07) is 6.32. The fraction of sp³-hybridized carbons (Fsp3) is 0.625. The molecule has 18 heavy (non-hydrogen) atoms. The zero-order chi connectivity index (χ0) is 13.1. The van der Waals surface area contributed by atoms with Crippen molar-refractivity contribution in [2.24, 2.45) is 5.92 Å². The van der Waals surface area contributed by atoms with E-state index in [-0.39, 0.29) is 6.10 Å². The second-order valence-corrected chi connectivity index (χ2v) is 5.67. The first-order valence-corrected chi connectivity index (χ1v) is 7.07. The maximum absolute atomic E-state index is 10.4. The van der Waals surface area contributed by atoms with Crippen molar-refractivity contribution in [1.82, 2.24) is 4.90 Å². The van der Waals surface area contributed by atoms with E-state index in [1.54, 1.807) is 0 Å². The van der Waals surface area contributed by atoms with Crippen molar-refractivity contribution >= 4 is 0 Å². The Kier molecular flexibility index (Phi) is 4.41. The van der Waals surface area contributed by atoms with Crippen LogP contribution in [0, 0.1) is 19.8 Å². The number of nitrogens with zero attached hydrogens (tertiary/aromatic N) is 1. The molecule has 0 amide bonds. The van der Waals surface area contributed by atoms with Crippen LogP contribution in [0.3, 0.4) is 0 Å². The average molecular weight is 247 g/mol. The van der Waals surface area contributed by atoms with Crippen molar-refractivity contribution in [3.8, 4) is 0 Å². The highest BCUT2D eigenvalue weighted by Crippen LogP contribution is 2.30. The van der Waals surface area contributed by atoms with Gasteiger partial charge in [0.1, 0.15) is 0 Å². The molecule has 100 valence electrons. The van der Waals surface area contributed by atoms with E-state index in [9.17, 15) is 5.11 Å². The van der Waals surface area contributed by atoms with E-state index in [0.717, 1.165) is 31.1 Å². The van der Waals surface area contributed by atoms with Gasteiger partial charge < -0.3 is 10.0 Å². The normalized spacial score (nSPS) is 17.2. The lowest BCUT2D eigenvalue weighted by atomic mass is 10.0. The molecule has 0 heterocycles. The first-order chi connectivity index (χ1) is 8.60. The number of hydrogen-bond donors (Lipinski definition) is 1. The van der Waals surface area contributed by atoms with E-state index >= 15 is 0 Å². The van der Waals surface area contributed by atoms with Crippen LogP contribution in [-0.2, 0) is 0 Å². The van der Waals surface area contributed by atoms with Gasteiger partial charge in [-0.15, -0.1) is 0 Å². The van der Waals surface area contributed by atoms with E-state index in [0.29, 0.717) is 0 Å². The number of likely N-dealkylation sites (N-methyl/N-ethyl adjacent to an activating group) is 1. The van der Waals surface area contributed by atoms with E-state index in [1.807, 2.05) is 0 Å². The van der Waals surface area contributed by atoms with Gasteiger partial charge in [0.05, 0.1) is 6.10 Å². The minimum Gasteiger partial charge on any atom is -0.387 e. The summed E-state index contributed by atoms with van der Waals surface area (Å²) in [4.78, 5) is 2.38. The molecular weight excluding hydrogens is 222 g/mol. The van der Waals surface area contributed by atoms with Crippen LogP contribution in [0.1, 0.15) is 42.6 Å². The van der Waals surface area contributed by atoms with Gasteiger partial charge in [0.2, 0.25) is 0 Å². The van der Waals surface area contributed by atoms with Crippen molar-refractivity contribution in [1.29, 1.82) is 0 Å². The van der Waals surface area contributed by atoms with Crippen LogP contribution in [0.4, 0.5) is 0 Å². The van der Waals surface area contributed by atoms with E-state index < -0.39 is 0 Å². The third kappa shape index (κ3) is 3.56. The molecule has 1 unspecified atom stereocenters. The lowest BCUT2D eigenvalue weighted by Crippen LogP contribution is -2.30. The van der Waals surface area contributed by atoms with Crippen molar-refractivity contribution in [2.45, 2.75) is 39.7 Å². The topological polar surface area (TPSA) is 23.5 Å². The van der Waals surface area contributed by atoms with Crippen molar-refractivity contribution in [3.63, 3.8) is 0 Å². The van der Waals surface area contributed by atoms with Gasteiger partial charge in [-0.1, -0.05) is 30.7 Å². The lowest BCUT2D eigenvalue weighted by Gasteiger charge is -2.24. The molecule has 1 aliphatic carbocycles. The minimum absolute atomic E-state index is 0.358. The van der Waals surface area contributed by atoms with Gasteiger partial charge in [-0.25, -0.2) is 0 Å². The third-order valence-electron chi connectivity index (χ3n) is 3.89. The molecule has 2 heteroatoms. The number of hydrogen-bond acceptors (Lipinski definition) is 2. The number of benzene rings is 1. The Hall–Kier alpha value is -0.860. The molecule has 2 nitrogen and oxygen atoms in total. The highest BCUT2D eigenvalue weighted by molar-refractivity contribution is 5.32. The summed E-state index contributed by atoms with van der Waals surface area (Å²) in [5.74, 6) is 0.885. The second-order valence-electron chi connectivity index (χ2n) is 5.67. The largest absolute Gasteiger partial charge is 0.387 e. The number of aliphatic hydroxyl groups is 1. The maximum Gasteiger partial charge on any atom is 0.0919 e. The van der Waals surface area contributed by atoms with Gasteiger partial charge in [-0.3, -0.25) is 0 Å². The Labute approximate surface area is 111 Å². The van der Waals surface area contributed by atoms with Gasteiger partial charge in [-0.05, 0) is 50.3 Å². The molecule has 1 aliphatic rings. The van der Waals surface area contributed by atoms with Crippen LogP contribution in [0.2, 0.25) is 0 Å². The van der Waals surface area contributed by atoms with Crippen molar-refractivity contribution < 1.29 is 5.11 Å². The first-order valence-electron chi connectivity index (χ1n) is 7.07. The first kappa shape index (κ1) is 13.6. The van der Waals surface area contributed by atoms with Gasteiger partial charge in [0.15, 0.2) is 0 Å². The molecule has 0 saturated heterocycles. The van der Waals surface area contributed by atoms with Gasteiger partial charge in [-0.2, -0.15) is 0 Å². The van der Waals surface area contributed by atoms with Crippen LogP contribution in [-0.4, -0.2) is 29.6 Å². The van der Waals surface area contributed by atoms with Crippen LogP contribution >= 0.6 is 0 Å². The maximum atomic E-state index is 10.4. The highest BCUT2D eigenvalue weighted by Gasteiger charge is 2.25. The number of rotatable bonds is 6. The third-order valence-corrected chi connectivity index (χ3v) is 3.89. The highest BCUT2D eigenvalue weighted by atomic mass is 16.3. The Morgan fingerprint density at radius 1 is 1.33 bits per heavy atom. The molecule has 1 aromatic rings. The smallest absolute Gasteiger partial charge is 0.0919 e. The summed E-state index contributed by atoms with van der Waals surface area (Å²) in [7, 11) is 0. The summed E-state index contributed by atoms with van der Waals surface area (Å²) in [5.41, 5.74) is 3.50. The van der Waals surface area contributed by atoms with Crippen molar-refractivity contribution in [3.05, 3.63) is 34.9 Å². The molecule has 0 bridgehead atoms. The molecule has 2 rings (SSSR count). The molecule has 0 aromatic heterocycles. The molecule has 1 N–H and O–H groups in total.